The van der Waals surface area contributed by atoms with Crippen LogP contribution >= 0.6 is 11.3 Å². The van der Waals surface area contributed by atoms with E-state index in [1.807, 2.05) is 6.08 Å². The molecule has 0 fully saturated rings. The largest absolute Gasteiger partial charge is 0.305 e. The molecule has 0 aliphatic rings. The normalized spacial score (nSPS) is 13.2. The van der Waals surface area contributed by atoms with Crippen LogP contribution in [0.4, 0.5) is 0 Å². The number of aromatic nitrogens is 2. The molecule has 0 aliphatic heterocycles. The quantitative estimate of drug-likeness (QED) is 0.803. The molecule has 15 heavy (non-hydrogen) atoms. The summed E-state index contributed by atoms with van der Waals surface area (Å²) in [6.45, 7) is 8.73. The lowest BCUT2D eigenvalue weighted by Gasteiger charge is -2.08. The molecule has 0 radical (unpaired) electrons. The number of imidazole rings is 1. The molecule has 0 amide bonds. The van der Waals surface area contributed by atoms with Crippen LogP contribution in [0.1, 0.15) is 18.3 Å². The van der Waals surface area contributed by atoms with Crippen LogP contribution in [0, 0.1) is 6.92 Å². The fourth-order valence-corrected chi connectivity index (χ4v) is 2.27. The van der Waals surface area contributed by atoms with Gasteiger partial charge in [0.1, 0.15) is 0 Å². The predicted molar refractivity (Wildman–Crippen MR) is 64.3 cm³/mol. The maximum atomic E-state index is 4.49. The van der Waals surface area contributed by atoms with E-state index in [4.69, 9.17) is 0 Å². The summed E-state index contributed by atoms with van der Waals surface area (Å²) >= 11 is 1.67. The lowest BCUT2D eigenvalue weighted by atomic mass is 10.3. The van der Waals surface area contributed by atoms with Gasteiger partial charge in [0.25, 0.3) is 0 Å². The van der Waals surface area contributed by atoms with Crippen LogP contribution in [0.15, 0.2) is 24.2 Å². The Morgan fingerprint density at radius 1 is 1.73 bits per heavy atom. The zero-order chi connectivity index (χ0) is 10.8. The van der Waals surface area contributed by atoms with Gasteiger partial charge in [-0.2, -0.15) is 0 Å². The molecular weight excluding hydrogens is 206 g/mol. The smallest absolute Gasteiger partial charge is 0.194 e. The topological polar surface area (TPSA) is 29.3 Å². The molecular formula is C11H15N3S. The summed E-state index contributed by atoms with van der Waals surface area (Å²) in [5, 5.41) is 5.44. The van der Waals surface area contributed by atoms with Crippen molar-refractivity contribution >= 4 is 16.3 Å². The average Bonchev–Trinajstić information content (AvgIpc) is 2.75. The number of thiazole rings is 1. The minimum atomic E-state index is 0.327. The summed E-state index contributed by atoms with van der Waals surface area (Å²) in [5.41, 5.74) is 2.34. The van der Waals surface area contributed by atoms with Gasteiger partial charge in [-0.1, -0.05) is 6.08 Å². The molecule has 2 aromatic rings. The van der Waals surface area contributed by atoms with Crippen molar-refractivity contribution < 1.29 is 0 Å². The zero-order valence-electron chi connectivity index (χ0n) is 9.03. The van der Waals surface area contributed by atoms with Crippen LogP contribution in [0.5, 0.6) is 0 Å². The maximum absolute atomic E-state index is 4.49. The molecule has 1 N–H and O–H groups in total. The van der Waals surface area contributed by atoms with E-state index in [2.05, 4.69) is 46.7 Å². The molecule has 0 spiro atoms. The number of fused-ring (bicyclic) bond motifs is 1. The van der Waals surface area contributed by atoms with E-state index < -0.39 is 0 Å². The van der Waals surface area contributed by atoms with Crippen LogP contribution in [-0.4, -0.2) is 15.4 Å². The molecule has 4 heteroatoms. The van der Waals surface area contributed by atoms with Crippen molar-refractivity contribution in [3.05, 3.63) is 35.6 Å². The third-order valence-corrected chi connectivity index (χ3v) is 3.26. The molecule has 2 rings (SSSR count). The first-order valence-corrected chi connectivity index (χ1v) is 5.87. The Hall–Kier alpha value is -1.13. The monoisotopic (exact) mass is 221 g/mol. The van der Waals surface area contributed by atoms with Crippen LogP contribution in [0.25, 0.3) is 4.96 Å². The van der Waals surface area contributed by atoms with Gasteiger partial charge in [0, 0.05) is 24.2 Å². The van der Waals surface area contributed by atoms with Gasteiger partial charge in [0.05, 0.1) is 11.4 Å². The van der Waals surface area contributed by atoms with Crippen LogP contribution in [0.2, 0.25) is 0 Å². The first kappa shape index (κ1) is 10.4. The first-order chi connectivity index (χ1) is 7.22. The van der Waals surface area contributed by atoms with Crippen molar-refractivity contribution in [3.63, 3.8) is 0 Å². The van der Waals surface area contributed by atoms with E-state index in [1.165, 1.54) is 5.69 Å². The van der Waals surface area contributed by atoms with Crippen molar-refractivity contribution in [3.8, 4) is 0 Å². The molecule has 1 atom stereocenters. The summed E-state index contributed by atoms with van der Waals surface area (Å²) < 4.78 is 2.14. The van der Waals surface area contributed by atoms with Gasteiger partial charge in [0.15, 0.2) is 4.96 Å². The molecule has 0 aromatic carbocycles. The minimum Gasteiger partial charge on any atom is -0.305 e. The molecule has 2 aromatic heterocycles. The van der Waals surface area contributed by atoms with Gasteiger partial charge in [-0.3, -0.25) is 4.40 Å². The fourth-order valence-electron chi connectivity index (χ4n) is 1.49. The Balaban J connectivity index is 2.22. The van der Waals surface area contributed by atoms with Gasteiger partial charge in [-0.25, -0.2) is 4.98 Å². The highest BCUT2D eigenvalue weighted by molar-refractivity contribution is 7.15. The van der Waals surface area contributed by atoms with Crippen LogP contribution in [0.3, 0.4) is 0 Å². The van der Waals surface area contributed by atoms with Gasteiger partial charge in [0.2, 0.25) is 0 Å². The Morgan fingerprint density at radius 2 is 2.53 bits per heavy atom. The number of aryl methyl sites for hydroxylation is 1. The Morgan fingerprint density at radius 3 is 3.27 bits per heavy atom. The van der Waals surface area contributed by atoms with Crippen LogP contribution < -0.4 is 5.32 Å². The Labute approximate surface area is 93.5 Å². The second-order valence-corrected chi connectivity index (χ2v) is 4.48. The highest BCUT2D eigenvalue weighted by Gasteiger charge is 2.09. The average molecular weight is 221 g/mol. The van der Waals surface area contributed by atoms with Crippen molar-refractivity contribution in [1.82, 2.24) is 14.7 Å². The van der Waals surface area contributed by atoms with E-state index in [-0.39, 0.29) is 0 Å². The Bertz CT molecular complexity index is 469. The van der Waals surface area contributed by atoms with Crippen LogP contribution in [-0.2, 0) is 6.54 Å². The van der Waals surface area contributed by atoms with Crippen molar-refractivity contribution in [2.24, 2.45) is 0 Å². The predicted octanol–water partition coefficient (Wildman–Crippen LogP) is 2.37. The van der Waals surface area contributed by atoms with Gasteiger partial charge < -0.3 is 5.32 Å². The minimum absolute atomic E-state index is 0.327. The first-order valence-electron chi connectivity index (χ1n) is 4.99. The summed E-state index contributed by atoms with van der Waals surface area (Å²) in [7, 11) is 0. The fraction of sp³-hybridized carbons (Fsp3) is 0.364. The molecule has 0 aliphatic carbocycles. The maximum Gasteiger partial charge on any atom is 0.194 e. The second kappa shape index (κ2) is 4.16. The summed E-state index contributed by atoms with van der Waals surface area (Å²) in [4.78, 5) is 5.56. The molecule has 0 saturated heterocycles. The van der Waals surface area contributed by atoms with Crippen molar-refractivity contribution in [2.75, 3.05) is 0 Å². The zero-order valence-corrected chi connectivity index (χ0v) is 9.84. The third kappa shape index (κ3) is 1.96. The standard InChI is InChI=1S/C11H15N3S/c1-4-8(2)12-7-10-9(3)13-11-14(10)5-6-15-11/h4-6,8,12H,1,7H2,2-3H3. The summed E-state index contributed by atoms with van der Waals surface area (Å²) in [6, 6.07) is 0.327. The highest BCUT2D eigenvalue weighted by atomic mass is 32.1. The van der Waals surface area contributed by atoms with Crippen molar-refractivity contribution in [2.45, 2.75) is 26.4 Å². The van der Waals surface area contributed by atoms with E-state index in [1.54, 1.807) is 11.3 Å². The molecule has 0 bridgehead atoms. The lowest BCUT2D eigenvalue weighted by Crippen LogP contribution is -2.23. The van der Waals surface area contributed by atoms with Gasteiger partial charge in [-0.05, 0) is 13.8 Å². The summed E-state index contributed by atoms with van der Waals surface area (Å²) in [5.74, 6) is 0. The highest BCUT2D eigenvalue weighted by Crippen LogP contribution is 2.16. The Kier molecular flexibility index (Phi) is 2.88. The number of nitrogens with zero attached hydrogens (tertiary/aromatic N) is 2. The lowest BCUT2D eigenvalue weighted by molar-refractivity contribution is 0.620. The number of rotatable bonds is 4. The van der Waals surface area contributed by atoms with E-state index in [0.29, 0.717) is 6.04 Å². The number of hydrogen-bond donors (Lipinski definition) is 1. The molecule has 1 unspecified atom stereocenters. The second-order valence-electron chi connectivity index (χ2n) is 3.60. The number of nitrogens with one attached hydrogen (secondary N) is 1. The van der Waals surface area contributed by atoms with Gasteiger partial charge in [-0.15, -0.1) is 17.9 Å². The SMILES string of the molecule is C=CC(C)NCc1c(C)nc2sccn12. The summed E-state index contributed by atoms with van der Waals surface area (Å²) in [6.07, 6.45) is 3.97. The molecule has 2 heterocycles. The van der Waals surface area contributed by atoms with E-state index >= 15 is 0 Å². The van der Waals surface area contributed by atoms with Crippen molar-refractivity contribution in [1.29, 1.82) is 0 Å². The third-order valence-electron chi connectivity index (χ3n) is 2.51. The number of hydrogen-bond acceptors (Lipinski definition) is 3. The molecule has 3 nitrogen and oxygen atoms in total. The molecule has 80 valence electrons. The molecule has 0 saturated carbocycles. The van der Waals surface area contributed by atoms with Gasteiger partial charge >= 0.3 is 0 Å². The van der Waals surface area contributed by atoms with E-state index in [0.717, 1.165) is 17.2 Å². The van der Waals surface area contributed by atoms with E-state index in [9.17, 15) is 0 Å².